The van der Waals surface area contributed by atoms with Gasteiger partial charge in [0.25, 0.3) is 0 Å². The first-order valence-electron chi connectivity index (χ1n) is 6.59. The number of carbonyl (C=O) groups is 1. The van der Waals surface area contributed by atoms with E-state index >= 15 is 0 Å². The second kappa shape index (κ2) is 4.73. The first-order valence-corrected chi connectivity index (χ1v) is 6.59. The van der Waals surface area contributed by atoms with E-state index in [-0.39, 0.29) is 5.91 Å². The van der Waals surface area contributed by atoms with Crippen LogP contribution in [-0.4, -0.2) is 11.4 Å². The van der Waals surface area contributed by atoms with Gasteiger partial charge in [0.15, 0.2) is 0 Å². The van der Waals surface area contributed by atoms with E-state index in [0.717, 1.165) is 12.8 Å². The molecular formula is C15H22N2O. The fourth-order valence-electron chi connectivity index (χ4n) is 1.95. The Kier molecular flexibility index (Phi) is 3.44. The van der Waals surface area contributed by atoms with Gasteiger partial charge in [0.2, 0.25) is 5.91 Å². The van der Waals surface area contributed by atoms with Crippen LogP contribution in [0.2, 0.25) is 0 Å². The van der Waals surface area contributed by atoms with Crippen LogP contribution in [0.3, 0.4) is 0 Å². The summed E-state index contributed by atoms with van der Waals surface area (Å²) in [7, 11) is 0. The van der Waals surface area contributed by atoms with Crippen LogP contribution in [0.15, 0.2) is 18.2 Å². The first-order chi connectivity index (χ1) is 8.42. The highest BCUT2D eigenvalue weighted by molar-refractivity contribution is 5.88. The SMILES string of the molecule is Cc1ccc(C(C)C)cc1CNC(=O)C1(N)CC1. The molecule has 1 aliphatic carbocycles. The van der Waals surface area contributed by atoms with Gasteiger partial charge in [-0.1, -0.05) is 32.0 Å². The maximum atomic E-state index is 11.8. The molecule has 0 spiro atoms. The van der Waals surface area contributed by atoms with Gasteiger partial charge in [-0.25, -0.2) is 0 Å². The monoisotopic (exact) mass is 246 g/mol. The minimum Gasteiger partial charge on any atom is -0.350 e. The summed E-state index contributed by atoms with van der Waals surface area (Å²) in [4.78, 5) is 11.8. The Hall–Kier alpha value is -1.35. The highest BCUT2D eigenvalue weighted by Crippen LogP contribution is 2.32. The van der Waals surface area contributed by atoms with Crippen molar-refractivity contribution < 1.29 is 4.79 Å². The van der Waals surface area contributed by atoms with Gasteiger partial charge in [-0.05, 0) is 42.4 Å². The molecule has 2 rings (SSSR count). The average Bonchev–Trinajstić information content (AvgIpc) is 3.07. The van der Waals surface area contributed by atoms with Gasteiger partial charge in [0, 0.05) is 6.54 Å². The van der Waals surface area contributed by atoms with Crippen LogP contribution >= 0.6 is 0 Å². The molecule has 3 N–H and O–H groups in total. The van der Waals surface area contributed by atoms with Crippen LogP contribution in [0.1, 0.15) is 49.3 Å². The Morgan fingerprint density at radius 1 is 1.44 bits per heavy atom. The molecule has 1 aromatic carbocycles. The molecule has 98 valence electrons. The summed E-state index contributed by atoms with van der Waals surface area (Å²) in [6.07, 6.45) is 1.62. The maximum Gasteiger partial charge on any atom is 0.240 e. The molecule has 0 atom stereocenters. The quantitative estimate of drug-likeness (QED) is 0.856. The second-order valence-electron chi connectivity index (χ2n) is 5.68. The Morgan fingerprint density at radius 3 is 2.67 bits per heavy atom. The predicted octanol–water partition coefficient (Wildman–Crippen LogP) is 2.23. The van der Waals surface area contributed by atoms with Crippen molar-refractivity contribution >= 4 is 5.91 Å². The third-order valence-electron chi connectivity index (χ3n) is 3.72. The Labute approximate surface area is 109 Å². The molecule has 3 nitrogen and oxygen atoms in total. The molecule has 1 fully saturated rings. The van der Waals surface area contributed by atoms with Crippen molar-refractivity contribution in [1.29, 1.82) is 0 Å². The van der Waals surface area contributed by atoms with Crippen molar-refractivity contribution in [2.45, 2.75) is 51.6 Å². The van der Waals surface area contributed by atoms with Gasteiger partial charge < -0.3 is 11.1 Å². The standard InChI is InChI=1S/C15H22N2O/c1-10(2)12-5-4-11(3)13(8-12)9-17-14(18)15(16)6-7-15/h4-5,8,10H,6-7,9,16H2,1-3H3,(H,17,18). The predicted molar refractivity (Wildman–Crippen MR) is 73.3 cm³/mol. The Bertz CT molecular complexity index is 462. The molecule has 0 unspecified atom stereocenters. The van der Waals surface area contributed by atoms with E-state index in [0.29, 0.717) is 12.5 Å². The highest BCUT2D eigenvalue weighted by atomic mass is 16.2. The summed E-state index contributed by atoms with van der Waals surface area (Å²) in [5, 5.41) is 2.94. The molecule has 0 aliphatic heterocycles. The van der Waals surface area contributed by atoms with E-state index < -0.39 is 5.54 Å². The lowest BCUT2D eigenvalue weighted by molar-refractivity contribution is -0.123. The summed E-state index contributed by atoms with van der Waals surface area (Å²) in [5.41, 5.74) is 8.97. The van der Waals surface area contributed by atoms with Gasteiger partial charge in [-0.3, -0.25) is 4.79 Å². The number of nitrogens with two attached hydrogens (primary N) is 1. The second-order valence-corrected chi connectivity index (χ2v) is 5.68. The zero-order valence-electron chi connectivity index (χ0n) is 11.4. The average molecular weight is 246 g/mol. The molecule has 0 heterocycles. The zero-order chi connectivity index (χ0) is 13.3. The van der Waals surface area contributed by atoms with Gasteiger partial charge in [-0.2, -0.15) is 0 Å². The van der Waals surface area contributed by atoms with Gasteiger partial charge in [-0.15, -0.1) is 0 Å². The molecule has 1 saturated carbocycles. The largest absolute Gasteiger partial charge is 0.350 e. The minimum absolute atomic E-state index is 0.0168. The van der Waals surface area contributed by atoms with Gasteiger partial charge >= 0.3 is 0 Å². The maximum absolute atomic E-state index is 11.8. The number of nitrogens with one attached hydrogen (secondary N) is 1. The molecule has 3 heteroatoms. The summed E-state index contributed by atoms with van der Waals surface area (Å²) in [6.45, 7) is 6.99. The fraction of sp³-hybridized carbons (Fsp3) is 0.533. The molecule has 0 radical (unpaired) electrons. The van der Waals surface area contributed by atoms with Crippen molar-refractivity contribution in [3.63, 3.8) is 0 Å². The fourth-order valence-corrected chi connectivity index (χ4v) is 1.95. The molecule has 18 heavy (non-hydrogen) atoms. The van der Waals surface area contributed by atoms with E-state index in [4.69, 9.17) is 5.73 Å². The molecule has 0 aromatic heterocycles. The molecule has 1 aromatic rings. The van der Waals surface area contributed by atoms with E-state index in [1.54, 1.807) is 0 Å². The van der Waals surface area contributed by atoms with Crippen LogP contribution in [-0.2, 0) is 11.3 Å². The molecular weight excluding hydrogens is 224 g/mol. The lowest BCUT2D eigenvalue weighted by Gasteiger charge is -2.14. The number of rotatable bonds is 4. The molecule has 0 bridgehead atoms. The van der Waals surface area contributed by atoms with Crippen molar-refractivity contribution in [1.82, 2.24) is 5.32 Å². The summed E-state index contributed by atoms with van der Waals surface area (Å²) in [6, 6.07) is 6.44. The van der Waals surface area contributed by atoms with Crippen LogP contribution < -0.4 is 11.1 Å². The number of amides is 1. The van der Waals surface area contributed by atoms with Crippen molar-refractivity contribution in [2.24, 2.45) is 5.73 Å². The van der Waals surface area contributed by atoms with E-state index in [2.05, 4.69) is 44.3 Å². The van der Waals surface area contributed by atoms with Crippen LogP contribution in [0.4, 0.5) is 0 Å². The first kappa shape index (κ1) is 13.1. The third kappa shape index (κ3) is 2.72. The topological polar surface area (TPSA) is 55.1 Å². The number of carbonyl (C=O) groups excluding carboxylic acids is 1. The van der Waals surface area contributed by atoms with Crippen molar-refractivity contribution in [3.8, 4) is 0 Å². The van der Waals surface area contributed by atoms with E-state index in [1.165, 1.54) is 16.7 Å². The molecule has 1 amide bonds. The molecule has 1 aliphatic rings. The Morgan fingerprint density at radius 2 is 2.11 bits per heavy atom. The lowest BCUT2D eigenvalue weighted by atomic mass is 9.98. The summed E-state index contributed by atoms with van der Waals surface area (Å²) < 4.78 is 0. The van der Waals surface area contributed by atoms with Crippen molar-refractivity contribution in [3.05, 3.63) is 34.9 Å². The summed E-state index contributed by atoms with van der Waals surface area (Å²) in [5.74, 6) is 0.487. The number of aryl methyl sites for hydroxylation is 1. The zero-order valence-corrected chi connectivity index (χ0v) is 11.4. The van der Waals surface area contributed by atoms with Crippen LogP contribution in [0.5, 0.6) is 0 Å². The van der Waals surface area contributed by atoms with Gasteiger partial charge in [0.1, 0.15) is 0 Å². The minimum atomic E-state index is -0.580. The van der Waals surface area contributed by atoms with Crippen LogP contribution in [0, 0.1) is 6.92 Å². The smallest absolute Gasteiger partial charge is 0.240 e. The van der Waals surface area contributed by atoms with Gasteiger partial charge in [0.05, 0.1) is 5.54 Å². The van der Waals surface area contributed by atoms with E-state index in [9.17, 15) is 4.79 Å². The van der Waals surface area contributed by atoms with E-state index in [1.807, 2.05) is 0 Å². The molecule has 0 saturated heterocycles. The highest BCUT2D eigenvalue weighted by Gasteiger charge is 2.45. The number of benzene rings is 1. The third-order valence-corrected chi connectivity index (χ3v) is 3.72. The van der Waals surface area contributed by atoms with Crippen molar-refractivity contribution in [2.75, 3.05) is 0 Å². The van der Waals surface area contributed by atoms with Crippen LogP contribution in [0.25, 0.3) is 0 Å². The number of hydrogen-bond acceptors (Lipinski definition) is 2. The summed E-state index contributed by atoms with van der Waals surface area (Å²) >= 11 is 0. The number of hydrogen-bond donors (Lipinski definition) is 2. The normalized spacial score (nSPS) is 16.7. The lowest BCUT2D eigenvalue weighted by Crippen LogP contribution is -2.42. The Balaban J connectivity index is 2.04.